The zero-order valence-corrected chi connectivity index (χ0v) is 11.2. The summed E-state index contributed by atoms with van der Waals surface area (Å²) in [4.78, 5) is 9.95. The summed E-state index contributed by atoms with van der Waals surface area (Å²) < 4.78 is 13.3. The van der Waals surface area contributed by atoms with Crippen molar-refractivity contribution >= 4 is 11.4 Å². The average Bonchev–Trinajstić information content (AvgIpc) is 2.49. The maximum absolute atomic E-state index is 13.3. The Balaban J connectivity index is 2.19. The Hall–Kier alpha value is -2.94. The van der Waals surface area contributed by atoms with Gasteiger partial charge in [-0.1, -0.05) is 12.1 Å². The van der Waals surface area contributed by atoms with Crippen LogP contribution in [0, 0.1) is 27.3 Å². The van der Waals surface area contributed by atoms with E-state index in [2.05, 4.69) is 5.32 Å². The monoisotopic (exact) mass is 285 g/mol. The summed E-state index contributed by atoms with van der Waals surface area (Å²) in [5.41, 5.74) is 1.37. The molecule has 0 aliphatic heterocycles. The molecule has 21 heavy (non-hydrogen) atoms. The van der Waals surface area contributed by atoms with E-state index in [1.807, 2.05) is 13.0 Å². The van der Waals surface area contributed by atoms with Gasteiger partial charge in [0.2, 0.25) is 5.82 Å². The van der Waals surface area contributed by atoms with Gasteiger partial charge in [0, 0.05) is 17.8 Å². The number of hydrogen-bond donors (Lipinski definition) is 1. The van der Waals surface area contributed by atoms with E-state index in [1.165, 1.54) is 6.07 Å². The summed E-state index contributed by atoms with van der Waals surface area (Å²) in [5, 5.41) is 22.5. The van der Waals surface area contributed by atoms with Crippen molar-refractivity contribution in [3.63, 3.8) is 0 Å². The normalized spacial score (nSPS) is 11.5. The van der Waals surface area contributed by atoms with Gasteiger partial charge in [0.1, 0.15) is 0 Å². The van der Waals surface area contributed by atoms with E-state index in [0.29, 0.717) is 11.3 Å². The first kappa shape index (κ1) is 14.5. The van der Waals surface area contributed by atoms with Crippen LogP contribution in [0.4, 0.5) is 15.8 Å². The summed E-state index contributed by atoms with van der Waals surface area (Å²) in [5.74, 6) is -0.864. The zero-order valence-electron chi connectivity index (χ0n) is 11.2. The lowest BCUT2D eigenvalue weighted by Gasteiger charge is -2.15. The van der Waals surface area contributed by atoms with Crippen molar-refractivity contribution in [2.24, 2.45) is 0 Å². The van der Waals surface area contributed by atoms with Gasteiger partial charge in [-0.25, -0.2) is 0 Å². The summed E-state index contributed by atoms with van der Waals surface area (Å²) in [6.45, 7) is 1.87. The van der Waals surface area contributed by atoms with Gasteiger partial charge in [0.25, 0.3) is 0 Å². The first-order valence-corrected chi connectivity index (χ1v) is 6.22. The fourth-order valence-electron chi connectivity index (χ4n) is 1.92. The minimum atomic E-state index is -0.864. The van der Waals surface area contributed by atoms with Crippen LogP contribution < -0.4 is 5.32 Å². The predicted molar refractivity (Wildman–Crippen MR) is 76.2 cm³/mol. The zero-order chi connectivity index (χ0) is 15.4. The molecule has 0 saturated carbocycles. The van der Waals surface area contributed by atoms with Gasteiger partial charge < -0.3 is 5.32 Å². The molecule has 0 fully saturated rings. The third-order valence-electron chi connectivity index (χ3n) is 3.07. The molecule has 106 valence electrons. The maximum Gasteiger partial charge on any atom is 0.306 e. The molecule has 5 nitrogen and oxygen atoms in total. The number of rotatable bonds is 4. The molecule has 0 heterocycles. The Bertz CT molecular complexity index is 708. The number of anilines is 1. The van der Waals surface area contributed by atoms with Gasteiger partial charge in [-0.3, -0.25) is 10.1 Å². The highest BCUT2D eigenvalue weighted by Gasteiger charge is 2.15. The molecule has 6 heteroatoms. The molecule has 1 unspecified atom stereocenters. The van der Waals surface area contributed by atoms with Gasteiger partial charge in [-0.15, -0.1) is 0 Å². The summed E-state index contributed by atoms with van der Waals surface area (Å²) in [6, 6.07) is 12.6. The molecule has 0 aliphatic rings. The van der Waals surface area contributed by atoms with E-state index < -0.39 is 16.4 Å². The number of nitrogens with one attached hydrogen (secondary N) is 1. The Morgan fingerprint density at radius 2 is 1.95 bits per heavy atom. The molecule has 2 aromatic rings. The number of nitro groups is 1. The molecular weight excluding hydrogens is 273 g/mol. The molecule has 0 amide bonds. The number of benzene rings is 2. The Labute approximate surface area is 120 Å². The quantitative estimate of drug-likeness (QED) is 0.685. The average molecular weight is 285 g/mol. The predicted octanol–water partition coefficient (Wildman–Crippen LogP) is 3.78. The molecule has 0 aromatic heterocycles. The second-order valence-corrected chi connectivity index (χ2v) is 4.52. The minimum Gasteiger partial charge on any atom is -0.378 e. The van der Waals surface area contributed by atoms with Gasteiger partial charge >= 0.3 is 5.69 Å². The van der Waals surface area contributed by atoms with Crippen molar-refractivity contribution in [2.45, 2.75) is 13.0 Å². The van der Waals surface area contributed by atoms with Crippen LogP contribution in [0.2, 0.25) is 0 Å². The Kier molecular flexibility index (Phi) is 4.14. The van der Waals surface area contributed by atoms with Crippen LogP contribution in [-0.4, -0.2) is 4.92 Å². The van der Waals surface area contributed by atoms with Gasteiger partial charge in [0.05, 0.1) is 16.6 Å². The van der Waals surface area contributed by atoms with Crippen molar-refractivity contribution in [1.82, 2.24) is 0 Å². The van der Waals surface area contributed by atoms with Crippen LogP contribution in [0.3, 0.4) is 0 Å². The van der Waals surface area contributed by atoms with Crippen molar-refractivity contribution in [2.75, 3.05) is 5.32 Å². The summed E-state index contributed by atoms with van der Waals surface area (Å²) in [6.07, 6.45) is 0. The van der Waals surface area contributed by atoms with E-state index in [0.717, 1.165) is 17.7 Å². The van der Waals surface area contributed by atoms with Crippen molar-refractivity contribution in [3.05, 3.63) is 69.5 Å². The van der Waals surface area contributed by atoms with E-state index >= 15 is 0 Å². The minimum absolute atomic E-state index is 0.136. The standard InChI is InChI=1S/C15H12FN3O2/c1-10(12-4-2-11(9-17)3-5-12)18-13-6-7-14(16)15(8-13)19(20)21/h2-8,10,18H,1H3. The SMILES string of the molecule is CC(Nc1ccc(F)c([N+](=O)[O-])c1)c1ccc(C#N)cc1. The molecule has 0 saturated heterocycles. The van der Waals surface area contributed by atoms with Crippen LogP contribution in [0.15, 0.2) is 42.5 Å². The first-order valence-electron chi connectivity index (χ1n) is 6.22. The summed E-state index contributed by atoms with van der Waals surface area (Å²) in [7, 11) is 0. The van der Waals surface area contributed by atoms with E-state index in [9.17, 15) is 14.5 Å². The number of nitro benzene ring substituents is 1. The molecule has 1 N–H and O–H groups in total. The number of hydrogen-bond acceptors (Lipinski definition) is 4. The van der Waals surface area contributed by atoms with Crippen LogP contribution in [0.25, 0.3) is 0 Å². The molecule has 0 bridgehead atoms. The van der Waals surface area contributed by atoms with Gasteiger partial charge in [-0.2, -0.15) is 9.65 Å². The highest BCUT2D eigenvalue weighted by molar-refractivity contribution is 5.53. The fraction of sp³-hybridized carbons (Fsp3) is 0.133. The Morgan fingerprint density at radius 3 is 2.52 bits per heavy atom. The molecular formula is C15H12FN3O2. The Morgan fingerprint density at radius 1 is 1.29 bits per heavy atom. The second kappa shape index (κ2) is 6.01. The van der Waals surface area contributed by atoms with E-state index in [1.54, 1.807) is 24.3 Å². The van der Waals surface area contributed by atoms with Crippen molar-refractivity contribution in [3.8, 4) is 6.07 Å². The van der Waals surface area contributed by atoms with Crippen LogP contribution in [0.5, 0.6) is 0 Å². The lowest BCUT2D eigenvalue weighted by atomic mass is 10.1. The number of halogens is 1. The molecule has 0 radical (unpaired) electrons. The van der Waals surface area contributed by atoms with Gasteiger partial charge in [0.15, 0.2) is 0 Å². The highest BCUT2D eigenvalue weighted by Crippen LogP contribution is 2.25. The third kappa shape index (κ3) is 3.34. The molecule has 2 rings (SSSR count). The van der Waals surface area contributed by atoms with Crippen molar-refractivity contribution < 1.29 is 9.31 Å². The lowest BCUT2D eigenvalue weighted by molar-refractivity contribution is -0.387. The van der Waals surface area contributed by atoms with Crippen LogP contribution in [0.1, 0.15) is 24.1 Å². The molecule has 0 spiro atoms. The third-order valence-corrected chi connectivity index (χ3v) is 3.07. The molecule has 0 aliphatic carbocycles. The van der Waals surface area contributed by atoms with Crippen LogP contribution >= 0.6 is 0 Å². The molecule has 1 atom stereocenters. The van der Waals surface area contributed by atoms with E-state index in [4.69, 9.17) is 5.26 Å². The smallest absolute Gasteiger partial charge is 0.306 e. The largest absolute Gasteiger partial charge is 0.378 e. The van der Waals surface area contributed by atoms with Crippen molar-refractivity contribution in [1.29, 1.82) is 5.26 Å². The second-order valence-electron chi connectivity index (χ2n) is 4.52. The number of nitriles is 1. The van der Waals surface area contributed by atoms with Crippen LogP contribution in [-0.2, 0) is 0 Å². The van der Waals surface area contributed by atoms with Gasteiger partial charge in [-0.05, 0) is 36.8 Å². The maximum atomic E-state index is 13.3. The lowest BCUT2D eigenvalue weighted by Crippen LogP contribution is -2.07. The molecule has 2 aromatic carbocycles. The first-order chi connectivity index (χ1) is 10.0. The summed E-state index contributed by atoms with van der Waals surface area (Å²) >= 11 is 0. The number of nitrogens with zero attached hydrogens (tertiary/aromatic N) is 2. The fourth-order valence-corrected chi connectivity index (χ4v) is 1.92. The topological polar surface area (TPSA) is 79.0 Å². The van der Waals surface area contributed by atoms with E-state index in [-0.39, 0.29) is 6.04 Å². The highest BCUT2D eigenvalue weighted by atomic mass is 19.1.